The average Bonchev–Trinajstić information content (AvgIpc) is 3.09. The van der Waals surface area contributed by atoms with Crippen molar-refractivity contribution in [2.45, 2.75) is 19.9 Å². The zero-order valence-electron chi connectivity index (χ0n) is 15.6. The Bertz CT molecular complexity index is 941. The smallest absolute Gasteiger partial charge is 0.263 e. The van der Waals surface area contributed by atoms with Crippen LogP contribution in [0.1, 0.15) is 33.9 Å². The second-order valence-corrected chi connectivity index (χ2v) is 6.98. The molecule has 0 radical (unpaired) electrons. The highest BCUT2D eigenvalue weighted by atomic mass is 32.1. The quantitative estimate of drug-likeness (QED) is 0.696. The van der Waals surface area contributed by atoms with Crippen LogP contribution in [0.2, 0.25) is 0 Å². The first-order chi connectivity index (χ1) is 13.0. The van der Waals surface area contributed by atoms with Gasteiger partial charge in [-0.15, -0.1) is 11.3 Å². The van der Waals surface area contributed by atoms with E-state index in [4.69, 9.17) is 9.47 Å². The molecule has 3 aromatic rings. The number of aryl methyl sites for hydroxylation is 1. The lowest BCUT2D eigenvalue weighted by atomic mass is 10.1. The van der Waals surface area contributed by atoms with Gasteiger partial charge in [0.05, 0.1) is 26.0 Å². The first-order valence-electron chi connectivity index (χ1n) is 8.44. The van der Waals surface area contributed by atoms with E-state index in [-0.39, 0.29) is 11.9 Å². The fourth-order valence-electron chi connectivity index (χ4n) is 2.68. The predicted molar refractivity (Wildman–Crippen MR) is 106 cm³/mol. The molecule has 7 heteroatoms. The SMILES string of the molecule is COc1ccc(-c2nc(C)c(C(=O)N[C@H](C)c3cccnc3)s2)cc1OC. The van der Waals surface area contributed by atoms with Gasteiger partial charge in [-0.05, 0) is 43.7 Å². The van der Waals surface area contributed by atoms with E-state index in [0.717, 1.165) is 16.1 Å². The molecule has 0 unspecified atom stereocenters. The van der Waals surface area contributed by atoms with E-state index in [1.165, 1.54) is 11.3 Å². The molecule has 1 N–H and O–H groups in total. The van der Waals surface area contributed by atoms with Crippen molar-refractivity contribution < 1.29 is 14.3 Å². The van der Waals surface area contributed by atoms with E-state index in [2.05, 4.69) is 15.3 Å². The third-order valence-electron chi connectivity index (χ3n) is 4.17. The number of nitrogens with zero attached hydrogens (tertiary/aromatic N) is 2. The number of thiazole rings is 1. The van der Waals surface area contributed by atoms with E-state index < -0.39 is 0 Å². The van der Waals surface area contributed by atoms with Gasteiger partial charge >= 0.3 is 0 Å². The summed E-state index contributed by atoms with van der Waals surface area (Å²) in [5, 5.41) is 3.76. The molecule has 140 valence electrons. The number of hydrogen-bond donors (Lipinski definition) is 1. The first-order valence-corrected chi connectivity index (χ1v) is 9.25. The molecule has 0 saturated carbocycles. The minimum atomic E-state index is -0.145. The zero-order valence-corrected chi connectivity index (χ0v) is 16.5. The molecule has 2 aromatic heterocycles. The van der Waals surface area contributed by atoms with Gasteiger partial charge in [0, 0.05) is 18.0 Å². The number of ether oxygens (including phenoxy) is 2. The lowest BCUT2D eigenvalue weighted by Gasteiger charge is -2.13. The van der Waals surface area contributed by atoms with Crippen LogP contribution in [0, 0.1) is 6.92 Å². The summed E-state index contributed by atoms with van der Waals surface area (Å²) in [6.07, 6.45) is 3.46. The zero-order chi connectivity index (χ0) is 19.4. The lowest BCUT2D eigenvalue weighted by Crippen LogP contribution is -2.26. The first kappa shape index (κ1) is 18.8. The van der Waals surface area contributed by atoms with Gasteiger partial charge in [-0.2, -0.15) is 0 Å². The molecule has 27 heavy (non-hydrogen) atoms. The van der Waals surface area contributed by atoms with Crippen LogP contribution >= 0.6 is 11.3 Å². The summed E-state index contributed by atoms with van der Waals surface area (Å²) in [7, 11) is 3.18. The molecule has 2 heterocycles. The van der Waals surface area contributed by atoms with Crippen LogP contribution in [-0.2, 0) is 0 Å². The Morgan fingerprint density at radius 1 is 1.19 bits per heavy atom. The summed E-state index contributed by atoms with van der Waals surface area (Å²) in [6, 6.07) is 9.24. The van der Waals surface area contributed by atoms with Gasteiger partial charge in [0.2, 0.25) is 0 Å². The molecule has 0 aliphatic rings. The highest BCUT2D eigenvalue weighted by Crippen LogP contribution is 2.35. The van der Waals surface area contributed by atoms with Crippen molar-refractivity contribution in [2.24, 2.45) is 0 Å². The number of pyridine rings is 1. The third kappa shape index (κ3) is 4.09. The molecule has 1 atom stereocenters. The molecule has 0 aliphatic heterocycles. The summed E-state index contributed by atoms with van der Waals surface area (Å²) < 4.78 is 10.6. The summed E-state index contributed by atoms with van der Waals surface area (Å²) in [5.74, 6) is 1.13. The number of carbonyl (C=O) groups excluding carboxylic acids is 1. The van der Waals surface area contributed by atoms with Gasteiger partial charge in [-0.25, -0.2) is 4.98 Å². The predicted octanol–water partition coefficient (Wildman–Crippen LogP) is 4.02. The maximum Gasteiger partial charge on any atom is 0.263 e. The third-order valence-corrected chi connectivity index (χ3v) is 5.37. The van der Waals surface area contributed by atoms with E-state index in [9.17, 15) is 4.79 Å². The Balaban J connectivity index is 1.83. The van der Waals surface area contributed by atoms with E-state index in [1.54, 1.807) is 26.6 Å². The molecule has 6 nitrogen and oxygen atoms in total. The maximum atomic E-state index is 12.7. The second kappa shape index (κ2) is 8.18. The molecule has 1 amide bonds. The Morgan fingerprint density at radius 3 is 2.63 bits per heavy atom. The van der Waals surface area contributed by atoms with Gasteiger partial charge in [0.1, 0.15) is 9.88 Å². The second-order valence-electron chi connectivity index (χ2n) is 5.98. The topological polar surface area (TPSA) is 73.3 Å². The van der Waals surface area contributed by atoms with Gasteiger partial charge in [0.15, 0.2) is 11.5 Å². The normalized spacial score (nSPS) is 11.7. The molecular formula is C20H21N3O3S. The van der Waals surface area contributed by atoms with E-state index in [0.29, 0.717) is 22.1 Å². The number of carbonyl (C=O) groups is 1. The average molecular weight is 383 g/mol. The largest absolute Gasteiger partial charge is 0.493 e. The van der Waals surface area contributed by atoms with Gasteiger partial charge in [-0.3, -0.25) is 9.78 Å². The van der Waals surface area contributed by atoms with Crippen LogP contribution in [0.25, 0.3) is 10.6 Å². The molecule has 0 saturated heterocycles. The molecule has 0 spiro atoms. The van der Waals surface area contributed by atoms with Crippen molar-refractivity contribution in [3.63, 3.8) is 0 Å². The van der Waals surface area contributed by atoms with Gasteiger partial charge in [-0.1, -0.05) is 6.07 Å². The number of nitrogens with one attached hydrogen (secondary N) is 1. The van der Waals surface area contributed by atoms with Crippen LogP contribution < -0.4 is 14.8 Å². The van der Waals surface area contributed by atoms with E-state index in [1.807, 2.05) is 44.2 Å². The number of aromatic nitrogens is 2. The minimum absolute atomic E-state index is 0.141. The van der Waals surface area contributed by atoms with Crippen molar-refractivity contribution >= 4 is 17.2 Å². The van der Waals surface area contributed by atoms with Crippen molar-refractivity contribution in [1.29, 1.82) is 0 Å². The van der Waals surface area contributed by atoms with Gasteiger partial charge < -0.3 is 14.8 Å². The lowest BCUT2D eigenvalue weighted by molar-refractivity contribution is 0.0943. The highest BCUT2D eigenvalue weighted by molar-refractivity contribution is 7.17. The molecule has 0 bridgehead atoms. The summed E-state index contributed by atoms with van der Waals surface area (Å²) in [4.78, 5) is 22.0. The Kier molecular flexibility index (Phi) is 5.71. The monoisotopic (exact) mass is 383 g/mol. The fraction of sp³-hybridized carbons (Fsp3) is 0.250. The van der Waals surface area contributed by atoms with E-state index >= 15 is 0 Å². The van der Waals surface area contributed by atoms with Gasteiger partial charge in [0.25, 0.3) is 5.91 Å². The number of methoxy groups -OCH3 is 2. The Labute approximate surface area is 162 Å². The maximum absolute atomic E-state index is 12.7. The Hall–Kier alpha value is -2.93. The van der Waals surface area contributed by atoms with Crippen LogP contribution in [-0.4, -0.2) is 30.1 Å². The molecule has 0 aliphatic carbocycles. The number of benzene rings is 1. The minimum Gasteiger partial charge on any atom is -0.493 e. The highest BCUT2D eigenvalue weighted by Gasteiger charge is 2.19. The number of hydrogen-bond acceptors (Lipinski definition) is 6. The van der Waals surface area contributed by atoms with Crippen LogP contribution in [0.5, 0.6) is 11.5 Å². The summed E-state index contributed by atoms with van der Waals surface area (Å²) >= 11 is 1.36. The molecule has 0 fully saturated rings. The number of rotatable bonds is 6. The molecular weight excluding hydrogens is 362 g/mol. The van der Waals surface area contributed by atoms with Crippen LogP contribution in [0.4, 0.5) is 0 Å². The standard InChI is InChI=1S/C20H21N3O3S/c1-12(15-6-5-9-21-11-15)22-19(24)18-13(2)23-20(27-18)14-7-8-16(25-3)17(10-14)26-4/h5-12H,1-4H3,(H,22,24)/t12-/m1/s1. The van der Waals surface area contributed by atoms with Crippen LogP contribution in [0.15, 0.2) is 42.7 Å². The van der Waals surface area contributed by atoms with Crippen molar-refractivity contribution in [3.05, 3.63) is 58.9 Å². The van der Waals surface area contributed by atoms with Crippen molar-refractivity contribution in [2.75, 3.05) is 14.2 Å². The Morgan fingerprint density at radius 2 is 1.96 bits per heavy atom. The molecule has 3 rings (SSSR count). The van der Waals surface area contributed by atoms with Crippen molar-refractivity contribution in [3.8, 4) is 22.1 Å². The summed E-state index contributed by atoms with van der Waals surface area (Å²) in [6.45, 7) is 3.77. The summed E-state index contributed by atoms with van der Waals surface area (Å²) in [5.41, 5.74) is 2.52. The van der Waals surface area contributed by atoms with Crippen LogP contribution in [0.3, 0.4) is 0 Å². The fourth-order valence-corrected chi connectivity index (χ4v) is 3.64. The number of amides is 1. The van der Waals surface area contributed by atoms with Crippen molar-refractivity contribution in [1.82, 2.24) is 15.3 Å². The molecule has 1 aromatic carbocycles.